The Morgan fingerprint density at radius 1 is 1.32 bits per heavy atom. The molecule has 0 heterocycles. The van der Waals surface area contributed by atoms with Crippen molar-refractivity contribution >= 4 is 15.7 Å². The maximum Gasteiger partial charge on any atom is 0.241 e. The van der Waals surface area contributed by atoms with Crippen LogP contribution in [0.2, 0.25) is 0 Å². The summed E-state index contributed by atoms with van der Waals surface area (Å²) < 4.78 is 32.5. The van der Waals surface area contributed by atoms with Gasteiger partial charge in [0.15, 0.2) is 0 Å². The monoisotopic (exact) mass is 284 g/mol. The number of ether oxygens (including phenoxy) is 1. The fourth-order valence-corrected chi connectivity index (χ4v) is 4.02. The Hall–Kier alpha value is -1.27. The number of nitrogen functional groups attached to an aromatic ring is 1. The van der Waals surface area contributed by atoms with Crippen molar-refractivity contribution < 1.29 is 13.2 Å². The zero-order chi connectivity index (χ0) is 14.1. The second-order valence-electron chi connectivity index (χ2n) is 5.28. The summed E-state index contributed by atoms with van der Waals surface area (Å²) in [4.78, 5) is 0.180. The lowest BCUT2D eigenvalue weighted by molar-refractivity contribution is 0.416. The Morgan fingerprint density at radius 3 is 2.47 bits per heavy atom. The van der Waals surface area contributed by atoms with Crippen molar-refractivity contribution in [3.8, 4) is 5.75 Å². The maximum absolute atomic E-state index is 12.3. The number of hydrogen-bond acceptors (Lipinski definition) is 4. The van der Waals surface area contributed by atoms with E-state index in [9.17, 15) is 8.42 Å². The molecule has 1 aliphatic carbocycles. The van der Waals surface area contributed by atoms with Gasteiger partial charge in [0, 0.05) is 5.54 Å². The molecule has 2 rings (SSSR count). The molecule has 0 amide bonds. The van der Waals surface area contributed by atoms with Gasteiger partial charge in [0.05, 0.1) is 17.7 Å². The molecule has 0 bridgehead atoms. The summed E-state index contributed by atoms with van der Waals surface area (Å²) in [6, 6.07) is 4.51. The predicted molar refractivity (Wildman–Crippen MR) is 74.6 cm³/mol. The highest BCUT2D eigenvalue weighted by atomic mass is 32.2. The summed E-state index contributed by atoms with van der Waals surface area (Å²) in [7, 11) is -2.04. The zero-order valence-corrected chi connectivity index (χ0v) is 12.1. The van der Waals surface area contributed by atoms with E-state index in [1.165, 1.54) is 19.2 Å². The second kappa shape index (κ2) is 5.02. The molecule has 0 spiro atoms. The number of nitrogens with one attached hydrogen (secondary N) is 1. The molecule has 1 saturated carbocycles. The molecule has 19 heavy (non-hydrogen) atoms. The first-order valence-electron chi connectivity index (χ1n) is 6.34. The molecule has 5 nitrogen and oxygen atoms in total. The molecule has 0 atom stereocenters. The van der Waals surface area contributed by atoms with Crippen molar-refractivity contribution in [2.45, 2.75) is 43.0 Å². The molecular formula is C13H20N2O3S. The first-order chi connectivity index (χ1) is 8.86. The molecule has 0 radical (unpaired) electrons. The van der Waals surface area contributed by atoms with Gasteiger partial charge in [-0.3, -0.25) is 0 Å². The van der Waals surface area contributed by atoms with E-state index in [2.05, 4.69) is 4.72 Å². The standard InChI is InChI=1S/C13H20N2O3S/c1-13(7-3-4-8-13)15-19(16,17)10-5-6-12(18-2)11(14)9-10/h5-6,9,15H,3-4,7-8,14H2,1-2H3. The second-order valence-corrected chi connectivity index (χ2v) is 6.96. The van der Waals surface area contributed by atoms with Crippen LogP contribution in [0.3, 0.4) is 0 Å². The number of benzene rings is 1. The normalized spacial score (nSPS) is 18.4. The maximum atomic E-state index is 12.3. The topological polar surface area (TPSA) is 81.4 Å². The third-order valence-corrected chi connectivity index (χ3v) is 5.24. The molecular weight excluding hydrogens is 264 g/mol. The van der Waals surface area contributed by atoms with Crippen LogP contribution in [-0.4, -0.2) is 21.1 Å². The minimum absolute atomic E-state index is 0.180. The van der Waals surface area contributed by atoms with Crippen LogP contribution in [-0.2, 0) is 10.0 Å². The number of sulfonamides is 1. The first kappa shape index (κ1) is 14.1. The predicted octanol–water partition coefficient (Wildman–Crippen LogP) is 1.89. The van der Waals surface area contributed by atoms with Crippen molar-refractivity contribution in [3.05, 3.63) is 18.2 Å². The van der Waals surface area contributed by atoms with Crippen LogP contribution < -0.4 is 15.2 Å². The van der Waals surface area contributed by atoms with Gasteiger partial charge in [0.1, 0.15) is 5.75 Å². The number of nitrogens with two attached hydrogens (primary N) is 1. The molecule has 0 saturated heterocycles. The Labute approximate surface area is 114 Å². The molecule has 106 valence electrons. The van der Waals surface area contributed by atoms with Gasteiger partial charge in [0.2, 0.25) is 10.0 Å². The largest absolute Gasteiger partial charge is 0.495 e. The first-order valence-corrected chi connectivity index (χ1v) is 7.82. The van der Waals surface area contributed by atoms with Crippen molar-refractivity contribution in [1.82, 2.24) is 4.72 Å². The van der Waals surface area contributed by atoms with Crippen LogP contribution in [0.1, 0.15) is 32.6 Å². The molecule has 0 unspecified atom stereocenters. The van der Waals surface area contributed by atoms with Crippen LogP contribution >= 0.6 is 0 Å². The van der Waals surface area contributed by atoms with Crippen molar-refractivity contribution in [2.24, 2.45) is 0 Å². The Kier molecular flexibility index (Phi) is 3.73. The van der Waals surface area contributed by atoms with Crippen LogP contribution in [0, 0.1) is 0 Å². The highest BCUT2D eigenvalue weighted by Crippen LogP contribution is 2.31. The van der Waals surface area contributed by atoms with E-state index < -0.39 is 10.0 Å². The number of hydrogen-bond donors (Lipinski definition) is 2. The Balaban J connectivity index is 2.27. The molecule has 1 fully saturated rings. The third kappa shape index (κ3) is 3.01. The van der Waals surface area contributed by atoms with Gasteiger partial charge in [-0.15, -0.1) is 0 Å². The smallest absolute Gasteiger partial charge is 0.241 e. The summed E-state index contributed by atoms with van der Waals surface area (Å²) in [5.41, 5.74) is 5.73. The molecule has 6 heteroatoms. The van der Waals surface area contributed by atoms with Gasteiger partial charge in [-0.25, -0.2) is 13.1 Å². The fourth-order valence-electron chi connectivity index (χ4n) is 2.52. The SMILES string of the molecule is COc1ccc(S(=O)(=O)NC2(C)CCCC2)cc1N. The van der Waals surface area contributed by atoms with Gasteiger partial charge in [-0.1, -0.05) is 12.8 Å². The zero-order valence-electron chi connectivity index (χ0n) is 11.3. The summed E-state index contributed by atoms with van der Waals surface area (Å²) in [6.45, 7) is 1.95. The molecule has 1 aromatic rings. The van der Waals surface area contributed by atoms with E-state index in [1.54, 1.807) is 6.07 Å². The lowest BCUT2D eigenvalue weighted by Gasteiger charge is -2.25. The van der Waals surface area contributed by atoms with Crippen LogP contribution in [0.5, 0.6) is 5.75 Å². The average molecular weight is 284 g/mol. The highest BCUT2D eigenvalue weighted by molar-refractivity contribution is 7.89. The van der Waals surface area contributed by atoms with E-state index in [-0.39, 0.29) is 10.4 Å². The fraction of sp³-hybridized carbons (Fsp3) is 0.538. The lowest BCUT2D eigenvalue weighted by Crippen LogP contribution is -2.43. The van der Waals surface area contributed by atoms with E-state index in [1.807, 2.05) is 6.92 Å². The summed E-state index contributed by atoms with van der Waals surface area (Å²) in [5, 5.41) is 0. The lowest BCUT2D eigenvalue weighted by atomic mass is 10.0. The van der Waals surface area contributed by atoms with Crippen LogP contribution in [0.4, 0.5) is 5.69 Å². The Morgan fingerprint density at radius 2 is 1.95 bits per heavy atom. The molecule has 1 aliphatic rings. The van der Waals surface area contributed by atoms with E-state index in [0.29, 0.717) is 11.4 Å². The van der Waals surface area contributed by atoms with Crippen molar-refractivity contribution in [2.75, 3.05) is 12.8 Å². The number of anilines is 1. The van der Waals surface area contributed by atoms with E-state index in [0.717, 1.165) is 25.7 Å². The van der Waals surface area contributed by atoms with Gasteiger partial charge < -0.3 is 10.5 Å². The summed E-state index contributed by atoms with van der Waals surface area (Å²) in [6.07, 6.45) is 3.86. The quantitative estimate of drug-likeness (QED) is 0.827. The summed E-state index contributed by atoms with van der Waals surface area (Å²) >= 11 is 0. The van der Waals surface area contributed by atoms with Crippen molar-refractivity contribution in [1.29, 1.82) is 0 Å². The van der Waals surface area contributed by atoms with Crippen LogP contribution in [0.25, 0.3) is 0 Å². The average Bonchev–Trinajstić information content (AvgIpc) is 2.74. The van der Waals surface area contributed by atoms with E-state index >= 15 is 0 Å². The minimum atomic E-state index is -3.54. The Bertz CT molecular complexity index is 563. The summed E-state index contributed by atoms with van der Waals surface area (Å²) in [5.74, 6) is 0.478. The van der Waals surface area contributed by atoms with E-state index in [4.69, 9.17) is 10.5 Å². The van der Waals surface area contributed by atoms with Gasteiger partial charge in [-0.2, -0.15) is 0 Å². The van der Waals surface area contributed by atoms with Crippen molar-refractivity contribution in [3.63, 3.8) is 0 Å². The minimum Gasteiger partial charge on any atom is -0.495 e. The van der Waals surface area contributed by atoms with Gasteiger partial charge in [0.25, 0.3) is 0 Å². The molecule has 0 aromatic heterocycles. The molecule has 3 N–H and O–H groups in total. The molecule has 0 aliphatic heterocycles. The highest BCUT2D eigenvalue weighted by Gasteiger charge is 2.33. The third-order valence-electron chi connectivity index (χ3n) is 3.60. The van der Waals surface area contributed by atoms with Crippen LogP contribution in [0.15, 0.2) is 23.1 Å². The number of rotatable bonds is 4. The van der Waals surface area contributed by atoms with Gasteiger partial charge in [-0.05, 0) is 38.0 Å². The molecule has 1 aromatic carbocycles. The number of methoxy groups -OCH3 is 1. The van der Waals surface area contributed by atoms with Gasteiger partial charge >= 0.3 is 0 Å².